The number of benzene rings is 1. The quantitative estimate of drug-likeness (QED) is 0.892. The largest absolute Gasteiger partial charge is 0.322 e. The molecular weight excluding hydrogens is 284 g/mol. The van der Waals surface area contributed by atoms with Gasteiger partial charge >= 0.3 is 0 Å². The van der Waals surface area contributed by atoms with Gasteiger partial charge in [0, 0.05) is 6.54 Å². The van der Waals surface area contributed by atoms with Gasteiger partial charge in [-0.1, -0.05) is 11.6 Å². The van der Waals surface area contributed by atoms with Crippen molar-refractivity contribution in [2.45, 2.75) is 13.3 Å². The topological polar surface area (TPSA) is 66.9 Å². The predicted octanol–water partition coefficient (Wildman–Crippen LogP) is 2.28. The summed E-state index contributed by atoms with van der Waals surface area (Å²) in [7, 11) is 0. The van der Waals surface area contributed by atoms with Crippen LogP contribution in [-0.2, 0) is 4.79 Å². The van der Waals surface area contributed by atoms with Crippen LogP contribution < -0.4 is 10.6 Å². The number of nitrogens with zero attached hydrogens (tertiary/aromatic N) is 2. The second kappa shape index (κ2) is 4.70. The van der Waals surface area contributed by atoms with Crippen molar-refractivity contribution in [3.8, 4) is 0 Å². The van der Waals surface area contributed by atoms with Gasteiger partial charge in [0.1, 0.15) is 11.0 Å². The first-order valence-electron chi connectivity index (χ1n) is 6.03. The number of fused-ring (bicyclic) bond motifs is 1. The van der Waals surface area contributed by atoms with Gasteiger partial charge in [-0.2, -0.15) is 8.75 Å². The van der Waals surface area contributed by atoms with Gasteiger partial charge < -0.3 is 10.6 Å². The van der Waals surface area contributed by atoms with Gasteiger partial charge in [-0.15, -0.1) is 0 Å². The first-order chi connectivity index (χ1) is 9.10. The van der Waals surface area contributed by atoms with Gasteiger partial charge in [0.2, 0.25) is 5.91 Å². The predicted molar refractivity (Wildman–Crippen MR) is 76.6 cm³/mol. The van der Waals surface area contributed by atoms with E-state index in [1.807, 2.05) is 6.92 Å². The number of rotatable bonds is 2. The van der Waals surface area contributed by atoms with Crippen molar-refractivity contribution in [1.29, 1.82) is 0 Å². The maximum Gasteiger partial charge on any atom is 0.231 e. The Bertz CT molecular complexity index is 636. The van der Waals surface area contributed by atoms with E-state index in [9.17, 15) is 4.79 Å². The summed E-state index contributed by atoms with van der Waals surface area (Å²) in [5.41, 5.74) is 1.57. The summed E-state index contributed by atoms with van der Waals surface area (Å²) >= 11 is 7.27. The Morgan fingerprint density at radius 2 is 2.37 bits per heavy atom. The van der Waals surface area contributed by atoms with E-state index in [0.717, 1.165) is 30.2 Å². The second-order valence-corrected chi connectivity index (χ2v) is 5.93. The molecule has 7 heteroatoms. The molecule has 1 amide bonds. The van der Waals surface area contributed by atoms with Crippen LogP contribution in [-0.4, -0.2) is 27.7 Å². The van der Waals surface area contributed by atoms with Crippen molar-refractivity contribution in [1.82, 2.24) is 14.1 Å². The fourth-order valence-corrected chi connectivity index (χ4v) is 2.96. The minimum absolute atomic E-state index is 0.0279. The molecular formula is C12H13ClN4OS. The number of hydrogen-bond donors (Lipinski definition) is 2. The molecule has 0 spiro atoms. The maximum absolute atomic E-state index is 12.4. The number of halogens is 1. The van der Waals surface area contributed by atoms with Gasteiger partial charge in [-0.3, -0.25) is 4.79 Å². The lowest BCUT2D eigenvalue weighted by Crippen LogP contribution is -2.35. The summed E-state index contributed by atoms with van der Waals surface area (Å²) in [5, 5.41) is 6.61. The SMILES string of the molecule is CC1(C(=O)Nc2c(Cl)ccc3nsnc23)CCNC1. The molecule has 100 valence electrons. The van der Waals surface area contributed by atoms with E-state index in [1.165, 1.54) is 0 Å². The van der Waals surface area contributed by atoms with Crippen molar-refractivity contribution in [3.05, 3.63) is 17.2 Å². The van der Waals surface area contributed by atoms with Crippen molar-refractivity contribution >= 4 is 46.0 Å². The zero-order valence-electron chi connectivity index (χ0n) is 10.4. The van der Waals surface area contributed by atoms with Crippen LogP contribution in [0.25, 0.3) is 11.0 Å². The molecule has 2 N–H and O–H groups in total. The minimum Gasteiger partial charge on any atom is -0.322 e. The van der Waals surface area contributed by atoms with Crippen molar-refractivity contribution in [2.75, 3.05) is 18.4 Å². The van der Waals surface area contributed by atoms with Gasteiger partial charge in [-0.25, -0.2) is 0 Å². The van der Waals surface area contributed by atoms with Gasteiger partial charge in [0.25, 0.3) is 0 Å². The number of carbonyl (C=O) groups is 1. The third-order valence-electron chi connectivity index (χ3n) is 3.53. The molecule has 3 rings (SSSR count). The Morgan fingerprint density at radius 1 is 1.53 bits per heavy atom. The number of hydrogen-bond acceptors (Lipinski definition) is 5. The lowest BCUT2D eigenvalue weighted by atomic mass is 9.88. The van der Waals surface area contributed by atoms with Crippen LogP contribution >= 0.6 is 23.3 Å². The molecule has 2 aromatic rings. The zero-order chi connectivity index (χ0) is 13.5. The molecule has 5 nitrogen and oxygen atoms in total. The van der Waals surface area contributed by atoms with Crippen molar-refractivity contribution in [2.24, 2.45) is 5.41 Å². The average Bonchev–Trinajstić information content (AvgIpc) is 3.02. The second-order valence-electron chi connectivity index (χ2n) is 5.00. The standard InChI is InChI=1S/C12H13ClN4OS/c1-12(4-5-14-6-12)11(18)15-9-7(13)2-3-8-10(9)17-19-16-8/h2-3,14H,4-6H2,1H3,(H,15,18). The number of nitrogens with one attached hydrogen (secondary N) is 2. The fraction of sp³-hybridized carbons (Fsp3) is 0.417. The maximum atomic E-state index is 12.4. The molecule has 1 aromatic carbocycles. The highest BCUT2D eigenvalue weighted by molar-refractivity contribution is 7.00. The molecule has 1 fully saturated rings. The lowest BCUT2D eigenvalue weighted by Gasteiger charge is -2.21. The third kappa shape index (κ3) is 2.20. The molecule has 1 unspecified atom stereocenters. The van der Waals surface area contributed by atoms with Crippen molar-refractivity contribution < 1.29 is 4.79 Å². The summed E-state index contributed by atoms with van der Waals surface area (Å²) in [6.45, 7) is 3.50. The molecule has 0 bridgehead atoms. The average molecular weight is 297 g/mol. The first-order valence-corrected chi connectivity index (χ1v) is 7.14. The van der Waals surface area contributed by atoms with E-state index >= 15 is 0 Å². The van der Waals surface area contributed by atoms with E-state index in [0.29, 0.717) is 22.8 Å². The highest BCUT2D eigenvalue weighted by Crippen LogP contribution is 2.33. The molecule has 0 radical (unpaired) electrons. The summed E-state index contributed by atoms with van der Waals surface area (Å²) in [5.74, 6) is -0.0279. The molecule has 2 heterocycles. The smallest absolute Gasteiger partial charge is 0.231 e. The monoisotopic (exact) mass is 296 g/mol. The van der Waals surface area contributed by atoms with E-state index < -0.39 is 5.41 Å². The third-order valence-corrected chi connectivity index (χ3v) is 4.39. The van der Waals surface area contributed by atoms with E-state index in [2.05, 4.69) is 19.4 Å². The zero-order valence-corrected chi connectivity index (χ0v) is 11.9. The summed E-state index contributed by atoms with van der Waals surface area (Å²) in [6.07, 6.45) is 0.821. The van der Waals surface area contributed by atoms with E-state index in [4.69, 9.17) is 11.6 Å². The molecule has 1 aliphatic heterocycles. The molecule has 0 saturated carbocycles. The lowest BCUT2D eigenvalue weighted by molar-refractivity contribution is -0.123. The van der Waals surface area contributed by atoms with Gasteiger partial charge in [-0.05, 0) is 32.0 Å². The Morgan fingerprint density at radius 3 is 3.11 bits per heavy atom. The van der Waals surface area contributed by atoms with Gasteiger partial charge in [0.15, 0.2) is 0 Å². The van der Waals surface area contributed by atoms with Crippen LogP contribution in [0.4, 0.5) is 5.69 Å². The number of amides is 1. The first kappa shape index (κ1) is 12.8. The summed E-state index contributed by atoms with van der Waals surface area (Å²) < 4.78 is 8.35. The highest BCUT2D eigenvalue weighted by atomic mass is 35.5. The van der Waals surface area contributed by atoms with Gasteiger partial charge in [0.05, 0.1) is 27.9 Å². The molecule has 1 aliphatic rings. The Balaban J connectivity index is 1.95. The van der Waals surface area contributed by atoms with Crippen LogP contribution in [0.2, 0.25) is 5.02 Å². The fourth-order valence-electron chi connectivity index (χ4n) is 2.22. The molecule has 1 saturated heterocycles. The Hall–Kier alpha value is -1.24. The number of carbonyl (C=O) groups excluding carboxylic acids is 1. The number of aromatic nitrogens is 2. The van der Waals surface area contributed by atoms with E-state index in [1.54, 1.807) is 12.1 Å². The normalized spacial score (nSPS) is 22.8. The summed E-state index contributed by atoms with van der Waals surface area (Å²) in [6, 6.07) is 3.53. The Labute approximate surface area is 119 Å². The molecule has 0 aliphatic carbocycles. The van der Waals surface area contributed by atoms with Crippen LogP contribution in [0, 0.1) is 5.41 Å². The van der Waals surface area contributed by atoms with Crippen LogP contribution in [0.1, 0.15) is 13.3 Å². The van der Waals surface area contributed by atoms with Crippen LogP contribution in [0.15, 0.2) is 12.1 Å². The van der Waals surface area contributed by atoms with Crippen LogP contribution in [0.3, 0.4) is 0 Å². The minimum atomic E-state index is -0.394. The molecule has 19 heavy (non-hydrogen) atoms. The van der Waals surface area contributed by atoms with Crippen molar-refractivity contribution in [3.63, 3.8) is 0 Å². The number of anilines is 1. The molecule has 1 aromatic heterocycles. The summed E-state index contributed by atoms with van der Waals surface area (Å²) in [4.78, 5) is 12.4. The van der Waals surface area contributed by atoms with Crippen LogP contribution in [0.5, 0.6) is 0 Å². The highest BCUT2D eigenvalue weighted by Gasteiger charge is 2.36. The molecule has 1 atom stereocenters. The Kier molecular flexibility index (Phi) is 3.16. The van der Waals surface area contributed by atoms with E-state index in [-0.39, 0.29) is 5.91 Å².